The van der Waals surface area contributed by atoms with E-state index in [4.69, 9.17) is 4.74 Å². The molecule has 1 aliphatic heterocycles. The van der Waals surface area contributed by atoms with E-state index in [1.165, 1.54) is 47.0 Å². The van der Waals surface area contributed by atoms with Gasteiger partial charge in [0.1, 0.15) is 17.8 Å². The zero-order chi connectivity index (χ0) is 34.0. The highest BCUT2D eigenvalue weighted by Crippen LogP contribution is 2.37. The number of methoxy groups -OCH3 is 1. The summed E-state index contributed by atoms with van der Waals surface area (Å²) in [5.74, 6) is 1.14. The number of nitrogens with one attached hydrogen (secondary N) is 2. The molecule has 2 N–H and O–H groups in total. The summed E-state index contributed by atoms with van der Waals surface area (Å²) in [7, 11) is 1.60. The van der Waals surface area contributed by atoms with Crippen molar-refractivity contribution in [3.05, 3.63) is 89.9 Å². The van der Waals surface area contributed by atoms with Crippen LogP contribution in [-0.4, -0.2) is 51.4 Å². The lowest BCUT2D eigenvalue weighted by molar-refractivity contribution is -0.274. The van der Waals surface area contributed by atoms with Gasteiger partial charge in [0.05, 0.1) is 24.2 Å². The van der Waals surface area contributed by atoms with Gasteiger partial charge < -0.3 is 20.1 Å². The van der Waals surface area contributed by atoms with Crippen LogP contribution in [0.15, 0.2) is 78.8 Å². The molecular formula is C34H33F3N6O4S. The molecule has 14 heteroatoms. The standard InChI is InChI=1S/C34H33F3N6O4S/c1-20(2)27-17-25(46-3)15-16-29(27)43-30(44)18-48-33(43)40-32(45)39-28-6-4-5-26(28)21-7-9-22(10-8-21)31-38-19-42(41-31)23-11-13-24(14-12-23)47-34(35,36)37/h7-17,19-20,33H,4-6,18H2,1-3H3,(H2,39,40,45). The van der Waals surface area contributed by atoms with Crippen molar-refractivity contribution < 1.29 is 32.2 Å². The van der Waals surface area contributed by atoms with Crippen molar-refractivity contribution in [1.82, 2.24) is 25.4 Å². The van der Waals surface area contributed by atoms with Crippen LogP contribution < -0.4 is 25.0 Å². The molecule has 2 aliphatic rings. The lowest BCUT2D eigenvalue weighted by atomic mass is 10.00. The first kappa shape index (κ1) is 32.9. The van der Waals surface area contributed by atoms with Gasteiger partial charge in [0, 0.05) is 11.3 Å². The monoisotopic (exact) mass is 678 g/mol. The number of nitrogens with zero attached hydrogens (tertiary/aromatic N) is 4. The Bertz CT molecular complexity index is 1840. The minimum atomic E-state index is -4.76. The second-order valence-corrected chi connectivity index (χ2v) is 12.6. The maximum atomic E-state index is 13.3. The van der Waals surface area contributed by atoms with Crippen LogP contribution >= 0.6 is 11.8 Å². The first-order valence-corrected chi connectivity index (χ1v) is 16.3. The summed E-state index contributed by atoms with van der Waals surface area (Å²) in [5.41, 5.74) is 5.23. The van der Waals surface area contributed by atoms with Crippen molar-refractivity contribution in [1.29, 1.82) is 0 Å². The average molecular weight is 679 g/mol. The van der Waals surface area contributed by atoms with E-state index < -0.39 is 11.9 Å². The van der Waals surface area contributed by atoms with Crippen LogP contribution in [0.1, 0.15) is 50.2 Å². The highest BCUT2D eigenvalue weighted by Gasteiger charge is 2.36. The third-order valence-corrected chi connectivity index (χ3v) is 9.10. The van der Waals surface area contributed by atoms with Crippen molar-refractivity contribution in [2.24, 2.45) is 0 Å². The van der Waals surface area contributed by atoms with Gasteiger partial charge in [0.15, 0.2) is 11.3 Å². The van der Waals surface area contributed by atoms with Crippen molar-refractivity contribution in [3.8, 4) is 28.6 Å². The van der Waals surface area contributed by atoms with E-state index in [0.717, 1.165) is 46.5 Å². The Morgan fingerprint density at radius 1 is 1.00 bits per heavy atom. The first-order chi connectivity index (χ1) is 23.0. The Labute approximate surface area is 279 Å². The predicted octanol–water partition coefficient (Wildman–Crippen LogP) is 7.22. The average Bonchev–Trinajstić information content (AvgIpc) is 3.81. The number of allylic oxidation sites excluding steroid dienone is 2. The number of thioether (sulfide) groups is 1. The Balaban J connectivity index is 1.13. The van der Waals surface area contributed by atoms with Gasteiger partial charge in [-0.15, -0.1) is 30.0 Å². The highest BCUT2D eigenvalue weighted by atomic mass is 32.2. The number of carbonyl (C=O) groups excluding carboxylic acids is 2. The summed E-state index contributed by atoms with van der Waals surface area (Å²) in [5, 5.41) is 10.5. The molecule has 1 atom stereocenters. The van der Waals surface area contributed by atoms with E-state index in [1.54, 1.807) is 12.0 Å². The molecule has 3 amide bonds. The fraction of sp³-hybridized carbons (Fsp3) is 0.294. The molecule has 1 aromatic heterocycles. The van der Waals surface area contributed by atoms with Crippen LogP contribution in [0.3, 0.4) is 0 Å². The number of urea groups is 1. The molecule has 1 fully saturated rings. The van der Waals surface area contributed by atoms with Crippen LogP contribution in [0.25, 0.3) is 22.6 Å². The van der Waals surface area contributed by atoms with Crippen molar-refractivity contribution >= 4 is 35.0 Å². The van der Waals surface area contributed by atoms with Crippen molar-refractivity contribution in [3.63, 3.8) is 0 Å². The van der Waals surface area contributed by atoms with Gasteiger partial charge in [0.25, 0.3) is 0 Å². The summed E-state index contributed by atoms with van der Waals surface area (Å²) < 4.78 is 48.2. The molecule has 1 unspecified atom stereocenters. The molecule has 6 rings (SSSR count). The van der Waals surface area contributed by atoms with Gasteiger partial charge in [-0.25, -0.2) is 14.5 Å². The van der Waals surface area contributed by atoms with Gasteiger partial charge in [0.2, 0.25) is 5.91 Å². The number of hydrogen-bond donors (Lipinski definition) is 2. The molecule has 0 radical (unpaired) electrons. The number of benzene rings is 3. The molecule has 1 aliphatic carbocycles. The van der Waals surface area contributed by atoms with E-state index in [9.17, 15) is 22.8 Å². The van der Waals surface area contributed by atoms with E-state index >= 15 is 0 Å². The van der Waals surface area contributed by atoms with Crippen LogP contribution in [0.2, 0.25) is 0 Å². The molecule has 1 saturated heterocycles. The number of hydrogen-bond acceptors (Lipinski definition) is 7. The van der Waals surface area contributed by atoms with Crippen molar-refractivity contribution in [2.75, 3.05) is 17.8 Å². The minimum Gasteiger partial charge on any atom is -0.497 e. The predicted molar refractivity (Wildman–Crippen MR) is 177 cm³/mol. The number of alkyl halides is 3. The first-order valence-electron chi connectivity index (χ1n) is 15.3. The molecule has 0 saturated carbocycles. The van der Waals surface area contributed by atoms with E-state index in [0.29, 0.717) is 23.7 Å². The van der Waals surface area contributed by atoms with Crippen molar-refractivity contribution in [2.45, 2.75) is 50.9 Å². The lowest BCUT2D eigenvalue weighted by Gasteiger charge is -2.28. The highest BCUT2D eigenvalue weighted by molar-refractivity contribution is 8.01. The zero-order valence-corrected chi connectivity index (χ0v) is 27.2. The number of ether oxygens (including phenoxy) is 2. The lowest BCUT2D eigenvalue weighted by Crippen LogP contribution is -2.48. The summed E-state index contributed by atoms with van der Waals surface area (Å²) in [4.78, 5) is 32.3. The maximum Gasteiger partial charge on any atom is 0.573 e. The summed E-state index contributed by atoms with van der Waals surface area (Å²) in [6.07, 6.45) is -0.890. The molecule has 0 bridgehead atoms. The Hall–Kier alpha value is -4.98. The quantitative estimate of drug-likeness (QED) is 0.192. The topological polar surface area (TPSA) is 111 Å². The number of halogens is 3. The smallest absolute Gasteiger partial charge is 0.497 e. The third kappa shape index (κ3) is 7.28. The Morgan fingerprint density at radius 3 is 2.40 bits per heavy atom. The van der Waals surface area contributed by atoms with Crippen LogP contribution in [0.5, 0.6) is 11.5 Å². The summed E-state index contributed by atoms with van der Waals surface area (Å²) in [6.45, 7) is 4.10. The van der Waals surface area contributed by atoms with Gasteiger partial charge in [-0.3, -0.25) is 9.69 Å². The zero-order valence-electron chi connectivity index (χ0n) is 26.4. The molecule has 10 nitrogen and oxygen atoms in total. The van der Waals surface area contributed by atoms with Gasteiger partial charge in [-0.05, 0) is 84.3 Å². The second kappa shape index (κ2) is 13.6. The van der Waals surface area contributed by atoms with Gasteiger partial charge >= 0.3 is 12.4 Å². The number of rotatable bonds is 9. The van der Waals surface area contributed by atoms with Crippen LogP contribution in [0, 0.1) is 0 Å². The van der Waals surface area contributed by atoms with E-state index in [2.05, 4.69) is 25.5 Å². The Kier molecular flexibility index (Phi) is 9.35. The van der Waals surface area contributed by atoms with Gasteiger partial charge in [-0.2, -0.15) is 0 Å². The van der Waals surface area contributed by atoms with E-state index in [-0.39, 0.29) is 29.4 Å². The molecule has 4 aromatic rings. The number of anilines is 1. The second-order valence-electron chi connectivity index (χ2n) is 11.5. The number of amides is 3. The largest absolute Gasteiger partial charge is 0.573 e. The maximum absolute atomic E-state index is 13.3. The van der Waals surface area contributed by atoms with Gasteiger partial charge in [-0.1, -0.05) is 38.1 Å². The fourth-order valence-corrected chi connectivity index (χ4v) is 6.77. The van der Waals surface area contributed by atoms with Crippen LogP contribution in [0.4, 0.5) is 23.7 Å². The molecule has 250 valence electrons. The molecule has 2 heterocycles. The molecule has 48 heavy (non-hydrogen) atoms. The normalized spacial score (nSPS) is 16.5. The molecule has 3 aromatic carbocycles. The molecular weight excluding hydrogens is 645 g/mol. The fourth-order valence-electron chi connectivity index (χ4n) is 5.76. The summed E-state index contributed by atoms with van der Waals surface area (Å²) >= 11 is 1.37. The summed E-state index contributed by atoms with van der Waals surface area (Å²) in [6, 6.07) is 18.2. The minimum absolute atomic E-state index is 0.0778. The van der Waals surface area contributed by atoms with E-state index in [1.807, 2.05) is 56.3 Å². The SMILES string of the molecule is COc1ccc(N2C(=O)CSC2NC(=O)NC2=C(c3ccc(-c4ncn(-c5ccc(OC(F)(F)F)cc5)n4)cc3)CCC2)c(C(C)C)c1. The number of aromatic nitrogens is 3. The Morgan fingerprint density at radius 2 is 1.71 bits per heavy atom. The molecule has 0 spiro atoms. The number of carbonyl (C=O) groups is 2. The third-order valence-electron chi connectivity index (χ3n) is 8.04. The van der Waals surface area contributed by atoms with Crippen LogP contribution in [-0.2, 0) is 4.79 Å².